The number of alkyl halides is 3. The van der Waals surface area contributed by atoms with E-state index >= 15 is 0 Å². The lowest BCUT2D eigenvalue weighted by molar-refractivity contribution is -0.157. The van der Waals surface area contributed by atoms with Crippen molar-refractivity contribution in [3.63, 3.8) is 0 Å². The molecule has 3 amide bonds. The maximum atomic E-state index is 12.3. The summed E-state index contributed by atoms with van der Waals surface area (Å²) >= 11 is 0. The summed E-state index contributed by atoms with van der Waals surface area (Å²) in [5.41, 5.74) is 0.742. The first kappa shape index (κ1) is 18.6. The number of rotatable bonds is 5. The second kappa shape index (κ2) is 7.41. The normalized spacial score (nSPS) is 17.5. The molecule has 1 aromatic rings. The van der Waals surface area contributed by atoms with E-state index in [9.17, 15) is 27.6 Å². The Kier molecular flexibility index (Phi) is 5.50. The molecular weight excluding hydrogens is 343 g/mol. The maximum absolute atomic E-state index is 12.3. The Balaban J connectivity index is 1.80. The van der Waals surface area contributed by atoms with Crippen molar-refractivity contribution in [2.45, 2.75) is 25.2 Å². The minimum Gasteiger partial charge on any atom is -0.478 e. The number of halogens is 3. The zero-order valence-corrected chi connectivity index (χ0v) is 13.0. The fraction of sp³-hybridized carbons (Fsp3) is 0.400. The van der Waals surface area contributed by atoms with Gasteiger partial charge in [0.15, 0.2) is 0 Å². The smallest absolute Gasteiger partial charge is 0.406 e. The molecule has 0 radical (unpaired) electrons. The Morgan fingerprint density at radius 3 is 2.44 bits per heavy atom. The minimum absolute atomic E-state index is 0.0695. The Labute approximate surface area is 140 Å². The number of carboxylic acid groups (broad SMARTS) is 1. The average molecular weight is 359 g/mol. The Hall–Kier alpha value is -2.78. The molecule has 2 rings (SSSR count). The molecule has 0 bridgehead atoms. The number of amides is 3. The lowest BCUT2D eigenvalue weighted by atomic mass is 10.1. The third kappa shape index (κ3) is 5.37. The number of carboxylic acids is 1. The van der Waals surface area contributed by atoms with Crippen LogP contribution in [-0.4, -0.2) is 53.2 Å². The fourth-order valence-electron chi connectivity index (χ4n) is 2.40. The van der Waals surface area contributed by atoms with Gasteiger partial charge in [0.25, 0.3) is 0 Å². The highest BCUT2D eigenvalue weighted by Crippen LogP contribution is 2.20. The first-order valence-electron chi connectivity index (χ1n) is 7.38. The number of hydrogen-bond donors (Lipinski definition) is 3. The van der Waals surface area contributed by atoms with Gasteiger partial charge in [0.2, 0.25) is 5.91 Å². The quantitative estimate of drug-likeness (QED) is 0.739. The van der Waals surface area contributed by atoms with Crippen LogP contribution in [0.15, 0.2) is 24.3 Å². The predicted molar refractivity (Wildman–Crippen MR) is 79.8 cm³/mol. The molecule has 3 N–H and O–H groups in total. The van der Waals surface area contributed by atoms with Gasteiger partial charge in [-0.05, 0) is 24.1 Å². The summed E-state index contributed by atoms with van der Waals surface area (Å²) in [6.45, 7) is -1.32. The molecule has 1 aromatic carbocycles. The molecule has 1 saturated heterocycles. The third-order valence-corrected chi connectivity index (χ3v) is 3.63. The number of nitrogens with one attached hydrogen (secondary N) is 2. The van der Waals surface area contributed by atoms with Crippen LogP contribution in [0, 0.1) is 0 Å². The molecule has 0 aliphatic carbocycles. The second-order valence-corrected chi connectivity index (χ2v) is 5.55. The Morgan fingerprint density at radius 2 is 1.88 bits per heavy atom. The van der Waals surface area contributed by atoms with E-state index in [0.717, 1.165) is 0 Å². The van der Waals surface area contributed by atoms with E-state index in [1.807, 2.05) is 0 Å². The molecule has 25 heavy (non-hydrogen) atoms. The van der Waals surface area contributed by atoms with Crippen LogP contribution in [0.25, 0.3) is 0 Å². The third-order valence-electron chi connectivity index (χ3n) is 3.63. The number of nitrogens with zero attached hydrogens (tertiary/aromatic N) is 1. The van der Waals surface area contributed by atoms with Gasteiger partial charge in [0.05, 0.1) is 5.56 Å². The fourth-order valence-corrected chi connectivity index (χ4v) is 2.40. The number of aromatic carboxylic acids is 1. The van der Waals surface area contributed by atoms with Gasteiger partial charge in [-0.1, -0.05) is 12.1 Å². The zero-order valence-electron chi connectivity index (χ0n) is 13.0. The minimum atomic E-state index is -4.48. The zero-order chi connectivity index (χ0) is 18.6. The standard InChI is InChI=1S/C15H16F3N3O4/c16-15(17,18)8-21-6-5-11(12(21)22)20-14(25)19-7-9-1-3-10(4-2-9)13(23)24/h1-4,11H,5-8H2,(H,23,24)(H2,19,20,25). The van der Waals surface area contributed by atoms with Gasteiger partial charge >= 0.3 is 18.2 Å². The van der Waals surface area contributed by atoms with Crippen LogP contribution in [0.1, 0.15) is 22.3 Å². The topological polar surface area (TPSA) is 98.7 Å². The van der Waals surface area contributed by atoms with Crippen molar-refractivity contribution < 1.29 is 32.7 Å². The summed E-state index contributed by atoms with van der Waals surface area (Å²) in [4.78, 5) is 35.0. The van der Waals surface area contributed by atoms with E-state index < -0.39 is 36.7 Å². The monoisotopic (exact) mass is 359 g/mol. The van der Waals surface area contributed by atoms with Gasteiger partial charge in [-0.2, -0.15) is 13.2 Å². The molecule has 10 heteroatoms. The number of benzene rings is 1. The molecule has 0 saturated carbocycles. The molecule has 1 heterocycles. The van der Waals surface area contributed by atoms with Crippen molar-refractivity contribution in [3.8, 4) is 0 Å². The molecule has 7 nitrogen and oxygen atoms in total. The molecule has 136 valence electrons. The van der Waals surface area contributed by atoms with E-state index in [1.54, 1.807) is 0 Å². The van der Waals surface area contributed by atoms with E-state index in [0.29, 0.717) is 10.5 Å². The van der Waals surface area contributed by atoms with E-state index in [4.69, 9.17) is 5.11 Å². The van der Waals surface area contributed by atoms with Crippen LogP contribution in [0.3, 0.4) is 0 Å². The Morgan fingerprint density at radius 1 is 1.24 bits per heavy atom. The van der Waals surface area contributed by atoms with Crippen LogP contribution in [0.5, 0.6) is 0 Å². The summed E-state index contributed by atoms with van der Waals surface area (Å²) in [6.07, 6.45) is -4.37. The molecular formula is C15H16F3N3O4. The molecule has 1 aliphatic heterocycles. The Bertz CT molecular complexity index is 661. The summed E-state index contributed by atoms with van der Waals surface area (Å²) < 4.78 is 37.0. The van der Waals surface area contributed by atoms with Gasteiger partial charge < -0.3 is 20.6 Å². The summed E-state index contributed by atoms with van der Waals surface area (Å²) in [5, 5.41) is 13.6. The average Bonchev–Trinajstić information content (AvgIpc) is 2.85. The number of likely N-dealkylation sites (tertiary alicyclic amines) is 1. The molecule has 0 aromatic heterocycles. The van der Waals surface area contributed by atoms with Crippen molar-refractivity contribution in [3.05, 3.63) is 35.4 Å². The molecule has 1 aliphatic rings. The number of carbonyl (C=O) groups excluding carboxylic acids is 2. The molecule has 1 fully saturated rings. The predicted octanol–water partition coefficient (Wildman–Crippen LogP) is 1.35. The maximum Gasteiger partial charge on any atom is 0.406 e. The van der Waals surface area contributed by atoms with Crippen molar-refractivity contribution in [1.82, 2.24) is 15.5 Å². The molecule has 1 atom stereocenters. The van der Waals surface area contributed by atoms with Crippen molar-refractivity contribution >= 4 is 17.9 Å². The van der Waals surface area contributed by atoms with Gasteiger partial charge in [-0.15, -0.1) is 0 Å². The van der Waals surface area contributed by atoms with Crippen LogP contribution in [0.2, 0.25) is 0 Å². The van der Waals surface area contributed by atoms with Gasteiger partial charge in [0, 0.05) is 13.1 Å². The van der Waals surface area contributed by atoms with Gasteiger partial charge in [-0.3, -0.25) is 4.79 Å². The van der Waals surface area contributed by atoms with Crippen LogP contribution in [-0.2, 0) is 11.3 Å². The summed E-state index contributed by atoms with van der Waals surface area (Å²) in [7, 11) is 0. The van der Waals surface area contributed by atoms with E-state index in [2.05, 4.69) is 10.6 Å². The van der Waals surface area contributed by atoms with Crippen molar-refractivity contribution in [2.24, 2.45) is 0 Å². The first-order valence-corrected chi connectivity index (χ1v) is 7.38. The van der Waals surface area contributed by atoms with Gasteiger partial charge in [-0.25, -0.2) is 9.59 Å². The number of carbonyl (C=O) groups is 3. The number of hydrogen-bond acceptors (Lipinski definition) is 3. The van der Waals surface area contributed by atoms with Crippen LogP contribution >= 0.6 is 0 Å². The van der Waals surface area contributed by atoms with Crippen LogP contribution in [0.4, 0.5) is 18.0 Å². The summed E-state index contributed by atoms with van der Waals surface area (Å²) in [6, 6.07) is 4.14. The highest BCUT2D eigenvalue weighted by molar-refractivity contribution is 5.89. The van der Waals surface area contributed by atoms with E-state index in [1.165, 1.54) is 24.3 Å². The van der Waals surface area contributed by atoms with Crippen molar-refractivity contribution in [2.75, 3.05) is 13.1 Å². The SMILES string of the molecule is O=C(NCc1ccc(C(=O)O)cc1)NC1CCN(CC(F)(F)F)C1=O. The van der Waals surface area contributed by atoms with Crippen LogP contribution < -0.4 is 10.6 Å². The largest absolute Gasteiger partial charge is 0.478 e. The first-order chi connectivity index (χ1) is 11.7. The van der Waals surface area contributed by atoms with E-state index in [-0.39, 0.29) is 25.1 Å². The molecule has 0 spiro atoms. The lowest BCUT2D eigenvalue weighted by Gasteiger charge is -2.18. The number of urea groups is 1. The summed E-state index contributed by atoms with van der Waals surface area (Å²) in [5.74, 6) is -1.83. The molecule has 1 unspecified atom stereocenters. The highest BCUT2D eigenvalue weighted by atomic mass is 19.4. The van der Waals surface area contributed by atoms with Crippen molar-refractivity contribution in [1.29, 1.82) is 0 Å². The highest BCUT2D eigenvalue weighted by Gasteiger charge is 2.39. The lowest BCUT2D eigenvalue weighted by Crippen LogP contribution is -2.47. The van der Waals surface area contributed by atoms with Gasteiger partial charge in [0.1, 0.15) is 12.6 Å². The second-order valence-electron chi connectivity index (χ2n) is 5.55.